The van der Waals surface area contributed by atoms with Crippen molar-refractivity contribution in [1.29, 1.82) is 0 Å². The fraction of sp³-hybridized carbons (Fsp3) is 0.294. The van der Waals surface area contributed by atoms with Gasteiger partial charge in [-0.05, 0) is 18.1 Å². The first-order chi connectivity index (χ1) is 11.4. The van der Waals surface area contributed by atoms with E-state index in [1.165, 1.54) is 10.4 Å². The third-order valence-corrected chi connectivity index (χ3v) is 4.99. The number of benzene rings is 1. The molecule has 1 saturated heterocycles. The molecule has 0 radical (unpaired) electrons. The number of fused-ring (bicyclic) bond motifs is 1. The van der Waals surface area contributed by atoms with Crippen LogP contribution >= 0.6 is 11.3 Å². The van der Waals surface area contributed by atoms with Crippen molar-refractivity contribution >= 4 is 27.4 Å². The molecule has 0 amide bonds. The van der Waals surface area contributed by atoms with E-state index in [1.807, 2.05) is 18.2 Å². The summed E-state index contributed by atoms with van der Waals surface area (Å²) in [4.78, 5) is 16.4. The van der Waals surface area contributed by atoms with Crippen LogP contribution in [0.1, 0.15) is 6.42 Å². The molecule has 0 saturated carbocycles. The highest BCUT2D eigenvalue weighted by Gasteiger charge is 2.16. The molecule has 1 aromatic carbocycles. The van der Waals surface area contributed by atoms with Crippen molar-refractivity contribution in [3.8, 4) is 10.4 Å². The molecule has 1 N–H and O–H groups in total. The Kier molecular flexibility index (Phi) is 4.19. The molecule has 1 atom stereocenters. The normalized spacial score (nSPS) is 17.7. The van der Waals surface area contributed by atoms with Crippen LogP contribution in [0.2, 0.25) is 0 Å². The topological polar surface area (TPSA) is 56.3 Å². The van der Waals surface area contributed by atoms with E-state index in [2.05, 4.69) is 33.6 Å². The van der Waals surface area contributed by atoms with E-state index in [9.17, 15) is 0 Å². The number of aromatic nitrogens is 2. The van der Waals surface area contributed by atoms with Crippen molar-refractivity contribution in [2.45, 2.75) is 6.42 Å². The zero-order chi connectivity index (χ0) is 15.5. The van der Waals surface area contributed by atoms with Crippen LogP contribution in [-0.4, -0.2) is 29.8 Å². The summed E-state index contributed by atoms with van der Waals surface area (Å²) < 4.78 is 5.35. The predicted octanol–water partition coefficient (Wildman–Crippen LogP) is 3.74. The number of thiophene rings is 1. The number of hydrogen-bond donors (Lipinski definition) is 1. The van der Waals surface area contributed by atoms with Gasteiger partial charge in [-0.2, -0.15) is 0 Å². The van der Waals surface area contributed by atoms with Gasteiger partial charge in [-0.1, -0.05) is 30.3 Å². The van der Waals surface area contributed by atoms with Crippen molar-refractivity contribution in [3.63, 3.8) is 0 Å². The Bertz CT molecular complexity index is 785. The van der Waals surface area contributed by atoms with Crippen molar-refractivity contribution in [2.75, 3.05) is 25.3 Å². The highest BCUT2D eigenvalue weighted by Crippen LogP contribution is 2.34. The molecule has 0 aliphatic carbocycles. The van der Waals surface area contributed by atoms with E-state index < -0.39 is 0 Å². The number of anilines is 1. The van der Waals surface area contributed by atoms with Crippen LogP contribution in [0.3, 0.4) is 0 Å². The van der Waals surface area contributed by atoms with Crippen LogP contribution in [0.4, 0.5) is 5.82 Å². The summed E-state index contributed by atoms with van der Waals surface area (Å²) in [5.41, 5.74) is 4.16. The largest absolute Gasteiger partial charge is 0.381 e. The number of ether oxygens (including phenoxy) is 1. The Morgan fingerprint density at radius 3 is 3.00 bits per heavy atom. The molecule has 4 rings (SSSR count). The number of hydrogen-bond acceptors (Lipinski definition) is 6. The second kappa shape index (κ2) is 6.62. The third-order valence-electron chi connectivity index (χ3n) is 3.90. The standard InChI is InChI=1S/C17H17N3O2S/c1-2-4-13(5-3-1)15-8-14-16(18-11-19-17(14)23-15)20-22-10-12-6-7-21-9-12/h1-5,8,11-12H,6-7,9-10H2,(H,18,19,20). The van der Waals surface area contributed by atoms with Gasteiger partial charge in [0.05, 0.1) is 18.6 Å². The van der Waals surface area contributed by atoms with E-state index >= 15 is 0 Å². The molecule has 6 heteroatoms. The molecule has 23 heavy (non-hydrogen) atoms. The van der Waals surface area contributed by atoms with Crippen LogP contribution in [0, 0.1) is 5.92 Å². The average Bonchev–Trinajstić information content (AvgIpc) is 3.25. The Balaban J connectivity index is 1.54. The molecule has 0 spiro atoms. The Morgan fingerprint density at radius 1 is 1.26 bits per heavy atom. The molecule has 118 valence electrons. The molecule has 3 heterocycles. The molecule has 2 aromatic heterocycles. The average molecular weight is 327 g/mol. The zero-order valence-corrected chi connectivity index (χ0v) is 13.4. The molecule has 1 aliphatic heterocycles. The number of nitrogens with zero attached hydrogens (tertiary/aromatic N) is 2. The smallest absolute Gasteiger partial charge is 0.161 e. The summed E-state index contributed by atoms with van der Waals surface area (Å²) in [6, 6.07) is 12.4. The molecule has 1 aliphatic rings. The summed E-state index contributed by atoms with van der Waals surface area (Å²) in [6.45, 7) is 2.23. The van der Waals surface area contributed by atoms with Crippen LogP contribution < -0.4 is 5.48 Å². The van der Waals surface area contributed by atoms with Crippen molar-refractivity contribution in [1.82, 2.24) is 9.97 Å². The highest BCUT2D eigenvalue weighted by molar-refractivity contribution is 7.21. The van der Waals surface area contributed by atoms with Gasteiger partial charge in [-0.15, -0.1) is 11.3 Å². The fourth-order valence-electron chi connectivity index (χ4n) is 2.62. The minimum atomic E-state index is 0.460. The van der Waals surface area contributed by atoms with Crippen molar-refractivity contribution in [3.05, 3.63) is 42.7 Å². The maximum Gasteiger partial charge on any atom is 0.161 e. The summed E-state index contributed by atoms with van der Waals surface area (Å²) in [7, 11) is 0. The van der Waals surface area contributed by atoms with Crippen LogP contribution in [0.15, 0.2) is 42.7 Å². The number of rotatable bonds is 5. The van der Waals surface area contributed by atoms with E-state index in [0.717, 1.165) is 29.9 Å². The Labute approximate surface area is 138 Å². The zero-order valence-electron chi connectivity index (χ0n) is 12.6. The summed E-state index contributed by atoms with van der Waals surface area (Å²) in [5.74, 6) is 1.18. The van der Waals surface area contributed by atoms with Gasteiger partial charge in [0, 0.05) is 17.4 Å². The highest BCUT2D eigenvalue weighted by atomic mass is 32.1. The van der Waals surface area contributed by atoms with Gasteiger partial charge >= 0.3 is 0 Å². The first-order valence-electron chi connectivity index (χ1n) is 7.65. The lowest BCUT2D eigenvalue weighted by atomic mass is 10.1. The van der Waals surface area contributed by atoms with Gasteiger partial charge in [-0.25, -0.2) is 15.4 Å². The molecule has 0 bridgehead atoms. The van der Waals surface area contributed by atoms with Crippen molar-refractivity contribution in [2.24, 2.45) is 5.92 Å². The van der Waals surface area contributed by atoms with E-state index in [-0.39, 0.29) is 0 Å². The molecule has 1 unspecified atom stereocenters. The lowest BCUT2D eigenvalue weighted by molar-refractivity contribution is 0.126. The second-order valence-corrected chi connectivity index (χ2v) is 6.59. The monoisotopic (exact) mass is 327 g/mol. The van der Waals surface area contributed by atoms with Gasteiger partial charge in [0.25, 0.3) is 0 Å². The minimum Gasteiger partial charge on any atom is -0.381 e. The first-order valence-corrected chi connectivity index (χ1v) is 8.47. The SMILES string of the molecule is c1ccc(-c2cc3c(NOCC4CCOC4)ncnc3s2)cc1. The molecule has 5 nitrogen and oxygen atoms in total. The van der Waals surface area contributed by atoms with Crippen LogP contribution in [-0.2, 0) is 9.57 Å². The van der Waals surface area contributed by atoms with E-state index in [1.54, 1.807) is 17.7 Å². The van der Waals surface area contributed by atoms with Gasteiger partial charge in [0.2, 0.25) is 0 Å². The lowest BCUT2D eigenvalue weighted by Gasteiger charge is -2.09. The molecular formula is C17H17N3O2S. The first kappa shape index (κ1) is 14.6. The lowest BCUT2D eigenvalue weighted by Crippen LogP contribution is -2.13. The second-order valence-electron chi connectivity index (χ2n) is 5.56. The van der Waals surface area contributed by atoms with Gasteiger partial charge in [0.15, 0.2) is 5.82 Å². The van der Waals surface area contributed by atoms with Gasteiger partial charge in [0.1, 0.15) is 11.2 Å². The third kappa shape index (κ3) is 3.19. The van der Waals surface area contributed by atoms with E-state index in [0.29, 0.717) is 18.3 Å². The van der Waals surface area contributed by atoms with Gasteiger partial charge < -0.3 is 4.74 Å². The number of nitrogens with one attached hydrogen (secondary N) is 1. The predicted molar refractivity (Wildman–Crippen MR) is 91.4 cm³/mol. The van der Waals surface area contributed by atoms with Crippen molar-refractivity contribution < 1.29 is 9.57 Å². The molecule has 3 aromatic rings. The van der Waals surface area contributed by atoms with Gasteiger partial charge in [-0.3, -0.25) is 4.84 Å². The molecule has 1 fully saturated rings. The maximum absolute atomic E-state index is 5.61. The maximum atomic E-state index is 5.61. The Morgan fingerprint density at radius 2 is 2.17 bits per heavy atom. The quantitative estimate of drug-likeness (QED) is 0.724. The van der Waals surface area contributed by atoms with E-state index in [4.69, 9.17) is 9.57 Å². The van der Waals surface area contributed by atoms with Crippen LogP contribution in [0.25, 0.3) is 20.7 Å². The summed E-state index contributed by atoms with van der Waals surface area (Å²) >= 11 is 1.66. The Hall–Kier alpha value is -2.02. The summed E-state index contributed by atoms with van der Waals surface area (Å²) in [5, 5.41) is 0.985. The molecular weight excluding hydrogens is 310 g/mol. The minimum absolute atomic E-state index is 0.460. The van der Waals surface area contributed by atoms with Crippen LogP contribution in [0.5, 0.6) is 0 Å². The fourth-order valence-corrected chi connectivity index (χ4v) is 3.63. The summed E-state index contributed by atoms with van der Waals surface area (Å²) in [6.07, 6.45) is 2.62.